The molecule has 4 N–H and O–H groups in total. The molecule has 18 heavy (non-hydrogen) atoms. The van der Waals surface area contributed by atoms with E-state index in [4.69, 9.17) is 10.9 Å². The number of amides is 1. The predicted octanol–water partition coefficient (Wildman–Crippen LogP) is 0.730. The van der Waals surface area contributed by atoms with Crippen molar-refractivity contribution in [2.24, 2.45) is 10.9 Å². The number of carbonyl (C=O) groups excluding carboxylic acids is 1. The van der Waals surface area contributed by atoms with Gasteiger partial charge in [0, 0.05) is 5.56 Å². The zero-order valence-corrected chi connectivity index (χ0v) is 9.90. The van der Waals surface area contributed by atoms with E-state index in [2.05, 4.69) is 0 Å². The first-order valence-corrected chi connectivity index (χ1v) is 6.42. The molecule has 2 rings (SSSR count). The highest BCUT2D eigenvalue weighted by Crippen LogP contribution is 2.30. The van der Waals surface area contributed by atoms with Crippen molar-refractivity contribution in [2.45, 2.75) is 4.90 Å². The van der Waals surface area contributed by atoms with Crippen molar-refractivity contribution in [3.8, 4) is 5.75 Å². The van der Waals surface area contributed by atoms with Crippen molar-refractivity contribution in [1.82, 2.24) is 0 Å². The molecular formula is C11H9N2O4S. The molecule has 0 aliphatic carbocycles. The SMILES string of the molecule is NC(=O)c1cccc2cc([O])c(S(N)(=O)=O)cc12. The van der Waals surface area contributed by atoms with Crippen molar-refractivity contribution in [3.05, 3.63) is 35.9 Å². The monoisotopic (exact) mass is 265 g/mol. The summed E-state index contributed by atoms with van der Waals surface area (Å²) in [7, 11) is -4.13. The number of rotatable bonds is 2. The van der Waals surface area contributed by atoms with Gasteiger partial charge in [-0.15, -0.1) is 0 Å². The number of fused-ring (bicyclic) bond motifs is 1. The Bertz CT molecular complexity index is 753. The van der Waals surface area contributed by atoms with Gasteiger partial charge >= 0.3 is 0 Å². The number of hydrogen-bond acceptors (Lipinski definition) is 3. The van der Waals surface area contributed by atoms with E-state index in [0.29, 0.717) is 5.39 Å². The van der Waals surface area contributed by atoms with Crippen LogP contribution in [0.5, 0.6) is 5.75 Å². The standard InChI is InChI=1S/C11H9N2O4S/c12-11(15)7-3-1-2-6-4-9(14)10(5-8(6)7)18(13,16)17/h1-5H,(H2,12,15)(H2,13,16,17). The van der Waals surface area contributed by atoms with Crippen LogP contribution in [0, 0.1) is 0 Å². The Morgan fingerprint density at radius 2 is 1.83 bits per heavy atom. The van der Waals surface area contributed by atoms with Crippen molar-refractivity contribution in [1.29, 1.82) is 0 Å². The molecule has 93 valence electrons. The molecule has 2 aromatic carbocycles. The lowest BCUT2D eigenvalue weighted by atomic mass is 10.0. The topological polar surface area (TPSA) is 123 Å². The Balaban J connectivity index is 2.92. The largest absolute Gasteiger partial charge is 0.366 e. The lowest BCUT2D eigenvalue weighted by Crippen LogP contribution is -2.14. The number of sulfonamides is 1. The van der Waals surface area contributed by atoms with Gasteiger partial charge in [-0.05, 0) is 29.0 Å². The summed E-state index contributed by atoms with van der Waals surface area (Å²) in [6.07, 6.45) is 0. The summed E-state index contributed by atoms with van der Waals surface area (Å²) in [5.74, 6) is -1.42. The van der Waals surface area contributed by atoms with Crippen LogP contribution in [-0.4, -0.2) is 14.3 Å². The number of nitrogens with two attached hydrogens (primary N) is 2. The smallest absolute Gasteiger partial charge is 0.249 e. The van der Waals surface area contributed by atoms with E-state index < -0.39 is 26.6 Å². The number of benzene rings is 2. The Labute approximate surface area is 103 Å². The van der Waals surface area contributed by atoms with Gasteiger partial charge in [-0.3, -0.25) is 9.90 Å². The van der Waals surface area contributed by atoms with Gasteiger partial charge in [-0.1, -0.05) is 12.1 Å². The fourth-order valence-corrected chi connectivity index (χ4v) is 2.34. The molecule has 0 unspecified atom stereocenters. The number of primary sulfonamides is 1. The molecule has 0 aromatic heterocycles. The molecule has 7 heteroatoms. The van der Waals surface area contributed by atoms with Crippen LogP contribution in [-0.2, 0) is 15.1 Å². The third-order valence-electron chi connectivity index (χ3n) is 2.52. The molecule has 1 amide bonds. The average Bonchev–Trinajstić information content (AvgIpc) is 2.25. The molecule has 0 spiro atoms. The highest BCUT2D eigenvalue weighted by atomic mass is 32.2. The minimum absolute atomic E-state index is 0.136. The second-order valence-corrected chi connectivity index (χ2v) is 5.26. The summed E-state index contributed by atoms with van der Waals surface area (Å²) >= 11 is 0. The van der Waals surface area contributed by atoms with Gasteiger partial charge in [-0.2, -0.15) is 0 Å². The average molecular weight is 265 g/mol. The van der Waals surface area contributed by atoms with E-state index in [-0.39, 0.29) is 10.9 Å². The van der Waals surface area contributed by atoms with Gasteiger partial charge < -0.3 is 5.73 Å². The predicted molar refractivity (Wildman–Crippen MR) is 64.0 cm³/mol. The lowest BCUT2D eigenvalue weighted by molar-refractivity contribution is 0.100. The zero-order chi connectivity index (χ0) is 13.5. The Morgan fingerprint density at radius 3 is 2.39 bits per heavy atom. The first kappa shape index (κ1) is 12.3. The minimum Gasteiger partial charge on any atom is -0.366 e. The van der Waals surface area contributed by atoms with Crippen LogP contribution in [0.1, 0.15) is 10.4 Å². The Morgan fingerprint density at radius 1 is 1.17 bits per heavy atom. The molecule has 0 saturated carbocycles. The highest BCUT2D eigenvalue weighted by Gasteiger charge is 2.18. The molecule has 0 aliphatic rings. The normalized spacial score (nSPS) is 11.6. The molecule has 0 heterocycles. The molecular weight excluding hydrogens is 256 g/mol. The molecule has 0 aliphatic heterocycles. The van der Waals surface area contributed by atoms with Crippen molar-refractivity contribution in [3.63, 3.8) is 0 Å². The number of carbonyl (C=O) groups is 1. The van der Waals surface area contributed by atoms with E-state index in [9.17, 15) is 18.3 Å². The van der Waals surface area contributed by atoms with Gasteiger partial charge in [0.25, 0.3) is 0 Å². The van der Waals surface area contributed by atoms with Gasteiger partial charge in [-0.25, -0.2) is 13.6 Å². The Hall–Kier alpha value is -2.12. The maximum atomic E-state index is 11.6. The summed E-state index contributed by atoms with van der Waals surface area (Å²) < 4.78 is 22.5. The molecule has 0 atom stereocenters. The molecule has 2 aromatic rings. The maximum absolute atomic E-state index is 11.6. The van der Waals surface area contributed by atoms with Crippen LogP contribution in [0.4, 0.5) is 0 Å². The minimum atomic E-state index is -4.13. The maximum Gasteiger partial charge on any atom is 0.249 e. The second kappa shape index (κ2) is 3.97. The van der Waals surface area contributed by atoms with Gasteiger partial charge in [0.2, 0.25) is 15.9 Å². The first-order chi connectivity index (χ1) is 8.30. The first-order valence-electron chi connectivity index (χ1n) is 4.87. The summed E-state index contributed by atoms with van der Waals surface area (Å²) in [5, 5.41) is 17.2. The molecule has 0 saturated heterocycles. The highest BCUT2D eigenvalue weighted by molar-refractivity contribution is 7.89. The third kappa shape index (κ3) is 2.01. The fraction of sp³-hybridized carbons (Fsp3) is 0. The van der Waals surface area contributed by atoms with Crippen molar-refractivity contribution in [2.75, 3.05) is 0 Å². The Kier molecular flexibility index (Phi) is 2.72. The van der Waals surface area contributed by atoms with Crippen LogP contribution in [0.2, 0.25) is 0 Å². The van der Waals surface area contributed by atoms with Crippen molar-refractivity contribution < 1.29 is 18.3 Å². The quantitative estimate of drug-likeness (QED) is 0.831. The van der Waals surface area contributed by atoms with Crippen LogP contribution in [0.15, 0.2) is 35.2 Å². The van der Waals surface area contributed by atoms with E-state index in [1.807, 2.05) is 0 Å². The number of hydrogen-bond donors (Lipinski definition) is 2. The molecule has 6 nitrogen and oxygen atoms in total. The van der Waals surface area contributed by atoms with E-state index >= 15 is 0 Å². The van der Waals surface area contributed by atoms with Crippen molar-refractivity contribution >= 4 is 26.7 Å². The van der Waals surface area contributed by atoms with Crippen LogP contribution >= 0.6 is 0 Å². The fourth-order valence-electron chi connectivity index (χ4n) is 1.72. The lowest BCUT2D eigenvalue weighted by Gasteiger charge is -2.06. The van der Waals surface area contributed by atoms with E-state index in [0.717, 1.165) is 12.1 Å². The molecule has 0 fully saturated rings. The zero-order valence-electron chi connectivity index (χ0n) is 9.08. The second-order valence-electron chi connectivity index (χ2n) is 3.73. The van der Waals surface area contributed by atoms with Gasteiger partial charge in [0.15, 0.2) is 5.75 Å². The summed E-state index contributed by atoms with van der Waals surface area (Å²) in [4.78, 5) is 10.7. The van der Waals surface area contributed by atoms with Gasteiger partial charge in [0.1, 0.15) is 4.90 Å². The molecule has 1 radical (unpaired) electrons. The van der Waals surface area contributed by atoms with Crippen LogP contribution in [0.3, 0.4) is 0 Å². The van der Waals surface area contributed by atoms with E-state index in [1.165, 1.54) is 6.07 Å². The van der Waals surface area contributed by atoms with Crippen LogP contribution in [0.25, 0.3) is 10.8 Å². The van der Waals surface area contributed by atoms with Crippen LogP contribution < -0.4 is 10.9 Å². The third-order valence-corrected chi connectivity index (χ3v) is 3.45. The van der Waals surface area contributed by atoms with Gasteiger partial charge in [0.05, 0.1) is 0 Å². The molecule has 0 bridgehead atoms. The summed E-state index contributed by atoms with van der Waals surface area (Å²) in [5.41, 5.74) is 5.32. The summed E-state index contributed by atoms with van der Waals surface area (Å²) in [6.45, 7) is 0. The summed E-state index contributed by atoms with van der Waals surface area (Å²) in [6, 6.07) is 6.77. The number of primary amides is 1. The van der Waals surface area contributed by atoms with E-state index in [1.54, 1.807) is 12.1 Å².